The molecular formula is C13H26IN3S. The molecule has 2 heterocycles. The highest BCUT2D eigenvalue weighted by Crippen LogP contribution is 2.22. The Bertz CT molecular complexity index is 247. The van der Waals surface area contributed by atoms with E-state index in [1.54, 1.807) is 0 Å². The van der Waals surface area contributed by atoms with Crippen LogP contribution in [0, 0.1) is 5.92 Å². The first kappa shape index (κ1) is 16.4. The molecule has 0 saturated carbocycles. The molecule has 0 atom stereocenters. The molecule has 2 rings (SSSR count). The Morgan fingerprint density at radius 1 is 1.11 bits per heavy atom. The molecule has 0 bridgehead atoms. The fraction of sp³-hybridized carbons (Fsp3) is 0.923. The first-order valence-corrected chi connectivity index (χ1v) is 8.14. The van der Waals surface area contributed by atoms with Gasteiger partial charge >= 0.3 is 0 Å². The summed E-state index contributed by atoms with van der Waals surface area (Å²) in [5.41, 5.74) is 6.11. The molecule has 18 heavy (non-hydrogen) atoms. The summed E-state index contributed by atoms with van der Waals surface area (Å²) < 4.78 is 0. The van der Waals surface area contributed by atoms with Crippen LogP contribution in [0.2, 0.25) is 0 Å². The summed E-state index contributed by atoms with van der Waals surface area (Å²) in [6.07, 6.45) is 7.89. The van der Waals surface area contributed by atoms with Crippen molar-refractivity contribution in [1.29, 1.82) is 0 Å². The molecule has 3 nitrogen and oxygen atoms in total. The van der Waals surface area contributed by atoms with Gasteiger partial charge in [0.25, 0.3) is 0 Å². The number of rotatable bonds is 2. The van der Waals surface area contributed by atoms with Crippen molar-refractivity contribution in [3.63, 3.8) is 0 Å². The van der Waals surface area contributed by atoms with Gasteiger partial charge in [-0.05, 0) is 43.1 Å². The van der Waals surface area contributed by atoms with Crippen molar-refractivity contribution in [2.75, 3.05) is 31.1 Å². The van der Waals surface area contributed by atoms with Gasteiger partial charge in [0.2, 0.25) is 0 Å². The van der Waals surface area contributed by atoms with Gasteiger partial charge in [-0.25, -0.2) is 0 Å². The van der Waals surface area contributed by atoms with Crippen LogP contribution in [-0.4, -0.2) is 42.0 Å². The molecule has 2 N–H and O–H groups in total. The van der Waals surface area contributed by atoms with Crippen LogP contribution < -0.4 is 5.73 Å². The van der Waals surface area contributed by atoms with Crippen LogP contribution in [0.5, 0.6) is 0 Å². The maximum atomic E-state index is 6.11. The summed E-state index contributed by atoms with van der Waals surface area (Å²) in [5.74, 6) is 4.19. The lowest BCUT2D eigenvalue weighted by atomic mass is 10.0. The molecule has 0 radical (unpaired) electrons. The Balaban J connectivity index is 0.00000162. The third-order valence-corrected chi connectivity index (χ3v) is 4.83. The van der Waals surface area contributed by atoms with E-state index in [9.17, 15) is 0 Å². The summed E-state index contributed by atoms with van der Waals surface area (Å²) in [6, 6.07) is 0. The van der Waals surface area contributed by atoms with Gasteiger partial charge in [0, 0.05) is 19.6 Å². The second-order valence-corrected chi connectivity index (χ2v) is 6.38. The number of nitrogens with two attached hydrogens (primary N) is 1. The van der Waals surface area contributed by atoms with E-state index in [0.29, 0.717) is 0 Å². The molecular weight excluding hydrogens is 357 g/mol. The van der Waals surface area contributed by atoms with Crippen LogP contribution in [0.25, 0.3) is 0 Å². The normalized spacial score (nSPS) is 23.3. The summed E-state index contributed by atoms with van der Waals surface area (Å²) in [6.45, 7) is 3.16. The summed E-state index contributed by atoms with van der Waals surface area (Å²) in [5, 5.41) is 0. The van der Waals surface area contributed by atoms with Gasteiger partial charge in [-0.3, -0.25) is 4.99 Å². The lowest BCUT2D eigenvalue weighted by Gasteiger charge is -2.23. The van der Waals surface area contributed by atoms with E-state index >= 15 is 0 Å². The van der Waals surface area contributed by atoms with E-state index in [1.807, 2.05) is 0 Å². The van der Waals surface area contributed by atoms with E-state index in [1.165, 1.54) is 50.0 Å². The Morgan fingerprint density at radius 3 is 2.33 bits per heavy atom. The second-order valence-electron chi connectivity index (χ2n) is 5.16. The van der Waals surface area contributed by atoms with Gasteiger partial charge in [-0.15, -0.1) is 24.0 Å². The van der Waals surface area contributed by atoms with Crippen molar-refractivity contribution >= 4 is 41.7 Å². The Kier molecular flexibility index (Phi) is 8.46. The molecule has 106 valence electrons. The predicted octanol–water partition coefficient (Wildman–Crippen LogP) is 2.94. The summed E-state index contributed by atoms with van der Waals surface area (Å²) >= 11 is 2.07. The molecule has 2 fully saturated rings. The maximum Gasteiger partial charge on any atom is 0.191 e. The maximum absolute atomic E-state index is 6.11. The van der Waals surface area contributed by atoms with Crippen LogP contribution >= 0.6 is 35.7 Å². The van der Waals surface area contributed by atoms with Crippen LogP contribution in [0.1, 0.15) is 38.5 Å². The highest BCUT2D eigenvalue weighted by Gasteiger charge is 2.15. The van der Waals surface area contributed by atoms with Crippen LogP contribution in [0.15, 0.2) is 4.99 Å². The third-order valence-electron chi connectivity index (χ3n) is 3.78. The predicted molar refractivity (Wildman–Crippen MR) is 92.0 cm³/mol. The minimum Gasteiger partial charge on any atom is -0.370 e. The van der Waals surface area contributed by atoms with Crippen molar-refractivity contribution in [3.8, 4) is 0 Å². The quantitative estimate of drug-likeness (QED) is 0.453. The van der Waals surface area contributed by atoms with Crippen molar-refractivity contribution in [3.05, 3.63) is 0 Å². The molecule has 0 aromatic rings. The highest BCUT2D eigenvalue weighted by atomic mass is 127. The lowest BCUT2D eigenvalue weighted by Crippen LogP contribution is -2.38. The minimum absolute atomic E-state index is 0. The van der Waals surface area contributed by atoms with Crippen LogP contribution in [0.4, 0.5) is 0 Å². The highest BCUT2D eigenvalue weighted by molar-refractivity contribution is 14.0. The number of thioether (sulfide) groups is 1. The summed E-state index contributed by atoms with van der Waals surface area (Å²) in [7, 11) is 0. The SMILES string of the molecule is I.NC(=NCC1CCSCC1)N1CCCCCC1. The first-order valence-electron chi connectivity index (χ1n) is 6.99. The van der Waals surface area contributed by atoms with Crippen LogP contribution in [0.3, 0.4) is 0 Å². The van der Waals surface area contributed by atoms with E-state index in [2.05, 4.69) is 21.7 Å². The number of likely N-dealkylation sites (tertiary alicyclic amines) is 1. The topological polar surface area (TPSA) is 41.6 Å². The zero-order valence-corrected chi connectivity index (χ0v) is 14.3. The number of nitrogens with zero attached hydrogens (tertiary/aromatic N) is 2. The number of halogens is 1. The fourth-order valence-electron chi connectivity index (χ4n) is 2.55. The Hall–Kier alpha value is 0.350. The molecule has 5 heteroatoms. The van der Waals surface area contributed by atoms with Crippen molar-refractivity contribution < 1.29 is 0 Å². The van der Waals surface area contributed by atoms with E-state index in [0.717, 1.165) is 31.5 Å². The zero-order chi connectivity index (χ0) is 11.9. The van der Waals surface area contributed by atoms with Gasteiger partial charge < -0.3 is 10.6 Å². The third kappa shape index (κ3) is 5.55. The number of guanidine groups is 1. The van der Waals surface area contributed by atoms with E-state index in [-0.39, 0.29) is 24.0 Å². The number of hydrogen-bond acceptors (Lipinski definition) is 2. The molecule has 2 aliphatic rings. The van der Waals surface area contributed by atoms with Crippen molar-refractivity contribution in [1.82, 2.24) is 4.90 Å². The first-order chi connectivity index (χ1) is 8.36. The van der Waals surface area contributed by atoms with Crippen molar-refractivity contribution in [2.24, 2.45) is 16.6 Å². The molecule has 0 aromatic heterocycles. The van der Waals surface area contributed by atoms with Gasteiger partial charge in [-0.2, -0.15) is 11.8 Å². The molecule has 0 aromatic carbocycles. The molecule has 2 aliphatic heterocycles. The second kappa shape index (κ2) is 9.28. The largest absolute Gasteiger partial charge is 0.370 e. The Morgan fingerprint density at radius 2 is 1.72 bits per heavy atom. The van der Waals surface area contributed by atoms with Gasteiger partial charge in [0.1, 0.15) is 0 Å². The number of aliphatic imine (C=N–C) groups is 1. The zero-order valence-electron chi connectivity index (χ0n) is 11.1. The molecule has 0 amide bonds. The van der Waals surface area contributed by atoms with Gasteiger partial charge in [0.05, 0.1) is 0 Å². The fourth-order valence-corrected chi connectivity index (χ4v) is 3.76. The standard InChI is InChI=1S/C13H25N3S.HI/c14-13(16-7-3-1-2-4-8-16)15-11-12-5-9-17-10-6-12;/h12H,1-11H2,(H2,14,15);1H. The van der Waals surface area contributed by atoms with Crippen molar-refractivity contribution in [2.45, 2.75) is 38.5 Å². The minimum atomic E-state index is 0. The molecule has 0 spiro atoms. The average molecular weight is 383 g/mol. The van der Waals surface area contributed by atoms with Gasteiger partial charge in [-0.1, -0.05) is 12.8 Å². The van der Waals surface area contributed by atoms with Gasteiger partial charge in [0.15, 0.2) is 5.96 Å². The smallest absolute Gasteiger partial charge is 0.191 e. The molecule has 2 saturated heterocycles. The molecule has 0 unspecified atom stereocenters. The number of hydrogen-bond donors (Lipinski definition) is 1. The average Bonchev–Trinajstić information content (AvgIpc) is 2.66. The van der Waals surface area contributed by atoms with E-state index in [4.69, 9.17) is 5.73 Å². The molecule has 0 aliphatic carbocycles. The van der Waals surface area contributed by atoms with Crippen LogP contribution in [-0.2, 0) is 0 Å². The monoisotopic (exact) mass is 383 g/mol. The Labute approximate surface area is 132 Å². The summed E-state index contributed by atoms with van der Waals surface area (Å²) in [4.78, 5) is 6.91. The lowest BCUT2D eigenvalue weighted by molar-refractivity contribution is 0.423. The van der Waals surface area contributed by atoms with E-state index < -0.39 is 0 Å².